The normalized spacial score (nSPS) is 9.94. The first kappa shape index (κ1) is 11.4. The molecule has 0 atom stereocenters. The highest BCUT2D eigenvalue weighted by molar-refractivity contribution is 5.65. The van der Waals surface area contributed by atoms with E-state index >= 15 is 0 Å². The fourth-order valence-electron chi connectivity index (χ4n) is 1.50. The summed E-state index contributed by atoms with van der Waals surface area (Å²) < 4.78 is 5.69. The number of para-hydroxylation sites is 1. The lowest BCUT2D eigenvalue weighted by Crippen LogP contribution is -2.00. The molecular formula is C15H15NO. The molecule has 0 spiro atoms. The molecule has 0 aromatic heterocycles. The fourth-order valence-corrected chi connectivity index (χ4v) is 1.50. The van der Waals surface area contributed by atoms with E-state index in [2.05, 4.69) is 6.58 Å². The molecule has 0 radical (unpaired) electrons. The van der Waals surface area contributed by atoms with Crippen LogP contribution in [-0.4, -0.2) is 6.54 Å². The number of rotatable bonds is 4. The number of hydrogen-bond donors (Lipinski definition) is 1. The minimum atomic E-state index is 0.471. The standard InChI is InChI=1S/C15H15NO/c1-12(11-16)13-7-9-15(10-8-13)17-14-5-3-2-4-6-14/h2-10H,1,11,16H2. The Hall–Kier alpha value is -2.06. The van der Waals surface area contributed by atoms with Crippen LogP contribution in [0.3, 0.4) is 0 Å². The van der Waals surface area contributed by atoms with Crippen LogP contribution in [0.5, 0.6) is 11.5 Å². The van der Waals surface area contributed by atoms with Crippen molar-refractivity contribution in [3.63, 3.8) is 0 Å². The topological polar surface area (TPSA) is 35.2 Å². The maximum absolute atomic E-state index is 5.69. The van der Waals surface area contributed by atoms with Gasteiger partial charge in [0.25, 0.3) is 0 Å². The van der Waals surface area contributed by atoms with Crippen molar-refractivity contribution < 1.29 is 4.74 Å². The zero-order valence-electron chi connectivity index (χ0n) is 9.60. The molecule has 0 fully saturated rings. The van der Waals surface area contributed by atoms with E-state index in [-0.39, 0.29) is 0 Å². The first-order valence-electron chi connectivity index (χ1n) is 5.51. The molecule has 86 valence electrons. The molecule has 17 heavy (non-hydrogen) atoms. The van der Waals surface area contributed by atoms with Gasteiger partial charge in [-0.25, -0.2) is 0 Å². The van der Waals surface area contributed by atoms with Crippen LogP contribution in [0, 0.1) is 0 Å². The Morgan fingerprint density at radius 2 is 1.53 bits per heavy atom. The molecule has 0 aliphatic carbocycles. The van der Waals surface area contributed by atoms with Gasteiger partial charge in [0.15, 0.2) is 0 Å². The predicted molar refractivity (Wildman–Crippen MR) is 71.0 cm³/mol. The third-order valence-corrected chi connectivity index (χ3v) is 2.49. The Morgan fingerprint density at radius 3 is 2.12 bits per heavy atom. The van der Waals surface area contributed by atoms with E-state index in [1.807, 2.05) is 54.6 Å². The van der Waals surface area contributed by atoms with Gasteiger partial charge in [0.05, 0.1) is 0 Å². The molecule has 0 unspecified atom stereocenters. The SMILES string of the molecule is C=C(CN)c1ccc(Oc2ccccc2)cc1. The Bertz CT molecular complexity index is 488. The van der Waals surface area contributed by atoms with Crippen LogP contribution in [0.1, 0.15) is 5.56 Å². The van der Waals surface area contributed by atoms with Gasteiger partial charge in [-0.15, -0.1) is 0 Å². The number of benzene rings is 2. The van der Waals surface area contributed by atoms with E-state index in [4.69, 9.17) is 10.5 Å². The molecule has 0 saturated heterocycles. The quantitative estimate of drug-likeness (QED) is 0.865. The molecule has 0 bridgehead atoms. The van der Waals surface area contributed by atoms with Crippen molar-refractivity contribution in [1.29, 1.82) is 0 Å². The van der Waals surface area contributed by atoms with Crippen LogP contribution < -0.4 is 10.5 Å². The van der Waals surface area contributed by atoms with Crippen molar-refractivity contribution in [3.8, 4) is 11.5 Å². The summed E-state index contributed by atoms with van der Waals surface area (Å²) in [6.07, 6.45) is 0. The van der Waals surface area contributed by atoms with E-state index in [0.717, 1.165) is 22.6 Å². The zero-order chi connectivity index (χ0) is 12.1. The Morgan fingerprint density at radius 1 is 0.941 bits per heavy atom. The van der Waals surface area contributed by atoms with Gasteiger partial charge in [-0.3, -0.25) is 0 Å². The molecule has 0 amide bonds. The van der Waals surface area contributed by atoms with E-state index in [9.17, 15) is 0 Å². The Balaban J connectivity index is 2.11. The minimum absolute atomic E-state index is 0.471. The molecule has 2 N–H and O–H groups in total. The highest BCUT2D eigenvalue weighted by atomic mass is 16.5. The van der Waals surface area contributed by atoms with Gasteiger partial charge in [0.2, 0.25) is 0 Å². The van der Waals surface area contributed by atoms with Crippen molar-refractivity contribution in [2.45, 2.75) is 0 Å². The monoisotopic (exact) mass is 225 g/mol. The summed E-state index contributed by atoms with van der Waals surface area (Å²) in [6, 6.07) is 17.5. The van der Waals surface area contributed by atoms with Gasteiger partial charge < -0.3 is 10.5 Å². The number of hydrogen-bond acceptors (Lipinski definition) is 2. The van der Waals surface area contributed by atoms with Crippen LogP contribution in [0.25, 0.3) is 5.57 Å². The van der Waals surface area contributed by atoms with Gasteiger partial charge in [-0.05, 0) is 35.4 Å². The predicted octanol–water partition coefficient (Wildman–Crippen LogP) is 3.45. The van der Waals surface area contributed by atoms with Crippen molar-refractivity contribution in [1.82, 2.24) is 0 Å². The number of ether oxygens (including phenoxy) is 1. The van der Waals surface area contributed by atoms with Crippen LogP contribution in [-0.2, 0) is 0 Å². The summed E-state index contributed by atoms with van der Waals surface area (Å²) in [5.74, 6) is 1.64. The van der Waals surface area contributed by atoms with E-state index in [1.165, 1.54) is 0 Å². The largest absolute Gasteiger partial charge is 0.457 e. The summed E-state index contributed by atoms with van der Waals surface area (Å²) in [5.41, 5.74) is 7.51. The summed E-state index contributed by atoms with van der Waals surface area (Å²) in [6.45, 7) is 4.36. The van der Waals surface area contributed by atoms with Crippen LogP contribution in [0.15, 0.2) is 61.2 Å². The van der Waals surface area contributed by atoms with Crippen molar-refractivity contribution in [3.05, 3.63) is 66.7 Å². The lowest BCUT2D eigenvalue weighted by molar-refractivity contribution is 0.482. The van der Waals surface area contributed by atoms with Crippen molar-refractivity contribution in [2.24, 2.45) is 5.73 Å². The molecule has 2 aromatic rings. The molecule has 2 heteroatoms. The zero-order valence-corrected chi connectivity index (χ0v) is 9.60. The van der Waals surface area contributed by atoms with Crippen molar-refractivity contribution in [2.75, 3.05) is 6.54 Å². The van der Waals surface area contributed by atoms with Gasteiger partial charge in [0.1, 0.15) is 11.5 Å². The van der Waals surface area contributed by atoms with Gasteiger partial charge in [-0.1, -0.05) is 36.9 Å². The molecule has 2 rings (SSSR count). The average Bonchev–Trinajstić information content (AvgIpc) is 2.40. The second-order valence-corrected chi connectivity index (χ2v) is 3.75. The van der Waals surface area contributed by atoms with E-state index < -0.39 is 0 Å². The molecule has 2 aromatic carbocycles. The molecule has 2 nitrogen and oxygen atoms in total. The van der Waals surface area contributed by atoms with E-state index in [0.29, 0.717) is 6.54 Å². The van der Waals surface area contributed by atoms with E-state index in [1.54, 1.807) is 0 Å². The molecule has 0 aliphatic rings. The van der Waals surface area contributed by atoms with Gasteiger partial charge in [0, 0.05) is 6.54 Å². The highest BCUT2D eigenvalue weighted by Gasteiger charge is 1.99. The first-order chi connectivity index (χ1) is 8.29. The third-order valence-electron chi connectivity index (χ3n) is 2.49. The second kappa shape index (κ2) is 5.32. The summed E-state index contributed by atoms with van der Waals surface area (Å²) in [5, 5.41) is 0. The third kappa shape index (κ3) is 2.95. The maximum Gasteiger partial charge on any atom is 0.127 e. The van der Waals surface area contributed by atoms with Crippen molar-refractivity contribution >= 4 is 5.57 Å². The number of nitrogens with two attached hydrogens (primary N) is 1. The highest BCUT2D eigenvalue weighted by Crippen LogP contribution is 2.22. The van der Waals surface area contributed by atoms with Crippen LogP contribution in [0.2, 0.25) is 0 Å². The average molecular weight is 225 g/mol. The smallest absolute Gasteiger partial charge is 0.127 e. The Labute approximate surface area is 101 Å². The first-order valence-corrected chi connectivity index (χ1v) is 5.51. The lowest BCUT2D eigenvalue weighted by Gasteiger charge is -2.07. The Kier molecular flexibility index (Phi) is 3.58. The molecule has 0 heterocycles. The summed E-state index contributed by atoms with van der Waals surface area (Å²) >= 11 is 0. The molecule has 0 aliphatic heterocycles. The second-order valence-electron chi connectivity index (χ2n) is 3.75. The fraction of sp³-hybridized carbons (Fsp3) is 0.0667. The molecular weight excluding hydrogens is 210 g/mol. The molecule has 0 saturated carbocycles. The van der Waals surface area contributed by atoms with Gasteiger partial charge >= 0.3 is 0 Å². The van der Waals surface area contributed by atoms with Crippen LogP contribution in [0.4, 0.5) is 0 Å². The van der Waals surface area contributed by atoms with Gasteiger partial charge in [-0.2, -0.15) is 0 Å². The van der Waals surface area contributed by atoms with Crippen LogP contribution >= 0.6 is 0 Å². The summed E-state index contributed by atoms with van der Waals surface area (Å²) in [4.78, 5) is 0. The lowest BCUT2D eigenvalue weighted by atomic mass is 10.1. The summed E-state index contributed by atoms with van der Waals surface area (Å²) in [7, 11) is 0. The maximum atomic E-state index is 5.69. The minimum Gasteiger partial charge on any atom is -0.457 e.